The quantitative estimate of drug-likeness (QED) is 0.837. The van der Waals surface area contributed by atoms with Crippen LogP contribution in [0.5, 0.6) is 5.75 Å². The minimum Gasteiger partial charge on any atom is -0.488 e. The van der Waals surface area contributed by atoms with Gasteiger partial charge in [0.1, 0.15) is 17.7 Å². The monoisotopic (exact) mass is 224 g/mol. The van der Waals surface area contributed by atoms with E-state index in [-0.39, 0.29) is 18.0 Å². The summed E-state index contributed by atoms with van der Waals surface area (Å²) in [5.74, 6) is 0.418. The van der Waals surface area contributed by atoms with E-state index in [0.717, 1.165) is 25.7 Å². The molecule has 0 aromatic heterocycles. The summed E-state index contributed by atoms with van der Waals surface area (Å²) in [4.78, 5) is 0. The molecule has 1 N–H and O–H groups in total. The third kappa shape index (κ3) is 2.53. The average molecular weight is 224 g/mol. The number of hydrogen-bond donors (Lipinski definition) is 1. The lowest BCUT2D eigenvalue weighted by molar-refractivity contribution is 0.00681. The van der Waals surface area contributed by atoms with E-state index in [1.807, 2.05) is 0 Å². The first-order chi connectivity index (χ1) is 7.66. The molecular weight excluding hydrogens is 207 g/mol. The third-order valence-corrected chi connectivity index (χ3v) is 3.08. The van der Waals surface area contributed by atoms with E-state index < -0.39 is 0 Å². The van der Waals surface area contributed by atoms with Crippen LogP contribution in [0.3, 0.4) is 0 Å². The molecule has 0 amide bonds. The molecule has 1 saturated carbocycles. The van der Waals surface area contributed by atoms with Gasteiger partial charge in [0.05, 0.1) is 6.10 Å². The second kappa shape index (κ2) is 4.83. The van der Waals surface area contributed by atoms with Crippen molar-refractivity contribution in [1.82, 2.24) is 0 Å². The van der Waals surface area contributed by atoms with E-state index in [9.17, 15) is 9.50 Å². The zero-order valence-corrected chi connectivity index (χ0v) is 9.45. The van der Waals surface area contributed by atoms with Gasteiger partial charge in [0.2, 0.25) is 0 Å². The van der Waals surface area contributed by atoms with Crippen molar-refractivity contribution in [2.24, 2.45) is 0 Å². The molecule has 16 heavy (non-hydrogen) atoms. The minimum absolute atomic E-state index is 0.140. The maximum Gasteiger partial charge on any atom is 0.126 e. The second-order valence-corrected chi connectivity index (χ2v) is 4.42. The number of aliphatic hydroxyl groups excluding tert-OH is 1. The Morgan fingerprint density at radius 1 is 1.31 bits per heavy atom. The van der Waals surface area contributed by atoms with Crippen LogP contribution >= 0.6 is 0 Å². The molecular formula is C13H17FO2. The Hall–Kier alpha value is -1.09. The molecule has 1 fully saturated rings. The standard InChI is InChI=1S/C13H17FO2/c1-9-8-10(6-7-11(9)14)16-13-5-3-2-4-12(13)15/h6-8,12-13,15H,2-5H2,1H3/t12-,13-/m1/s1. The van der Waals surface area contributed by atoms with Gasteiger partial charge in [0.25, 0.3) is 0 Å². The molecule has 0 spiro atoms. The van der Waals surface area contributed by atoms with Crippen molar-refractivity contribution in [2.75, 3.05) is 0 Å². The molecule has 2 nitrogen and oxygen atoms in total. The molecule has 3 heteroatoms. The summed E-state index contributed by atoms with van der Waals surface area (Å²) in [6, 6.07) is 4.69. The molecule has 0 heterocycles. The Balaban J connectivity index is 2.05. The van der Waals surface area contributed by atoms with Gasteiger partial charge < -0.3 is 9.84 Å². The van der Waals surface area contributed by atoms with E-state index in [1.165, 1.54) is 6.07 Å². The molecule has 0 unspecified atom stereocenters. The maximum atomic E-state index is 13.0. The molecule has 2 rings (SSSR count). The van der Waals surface area contributed by atoms with Gasteiger partial charge >= 0.3 is 0 Å². The molecule has 1 aromatic carbocycles. The van der Waals surface area contributed by atoms with Crippen LogP contribution in [-0.2, 0) is 0 Å². The summed E-state index contributed by atoms with van der Waals surface area (Å²) in [5.41, 5.74) is 0.572. The van der Waals surface area contributed by atoms with Gasteiger partial charge in [-0.2, -0.15) is 0 Å². The first kappa shape index (κ1) is 11.4. The first-order valence-corrected chi connectivity index (χ1v) is 5.77. The number of rotatable bonds is 2. The number of benzene rings is 1. The lowest BCUT2D eigenvalue weighted by atomic mass is 9.95. The lowest BCUT2D eigenvalue weighted by Gasteiger charge is -2.28. The molecule has 2 atom stereocenters. The van der Waals surface area contributed by atoms with Crippen LogP contribution in [0.25, 0.3) is 0 Å². The van der Waals surface area contributed by atoms with Crippen molar-refractivity contribution < 1.29 is 14.2 Å². The van der Waals surface area contributed by atoms with Crippen LogP contribution < -0.4 is 4.74 Å². The fourth-order valence-corrected chi connectivity index (χ4v) is 2.08. The van der Waals surface area contributed by atoms with Crippen LogP contribution in [0.4, 0.5) is 4.39 Å². The lowest BCUT2D eigenvalue weighted by Crippen LogP contribution is -2.34. The Labute approximate surface area is 95.1 Å². The van der Waals surface area contributed by atoms with Gasteiger partial charge in [-0.3, -0.25) is 0 Å². The smallest absolute Gasteiger partial charge is 0.126 e. The summed E-state index contributed by atoms with van der Waals surface area (Å²) in [7, 11) is 0. The molecule has 1 aromatic rings. The highest BCUT2D eigenvalue weighted by Gasteiger charge is 2.24. The predicted octanol–water partition coefficient (Wildman–Crippen LogP) is 2.82. The number of ether oxygens (including phenoxy) is 1. The number of aryl methyl sites for hydroxylation is 1. The zero-order valence-electron chi connectivity index (χ0n) is 9.45. The molecule has 0 saturated heterocycles. The Bertz CT molecular complexity index is 365. The highest BCUT2D eigenvalue weighted by atomic mass is 19.1. The topological polar surface area (TPSA) is 29.5 Å². The maximum absolute atomic E-state index is 13.0. The molecule has 88 valence electrons. The van der Waals surface area contributed by atoms with Crippen LogP contribution in [0, 0.1) is 12.7 Å². The van der Waals surface area contributed by atoms with Gasteiger partial charge in [-0.15, -0.1) is 0 Å². The SMILES string of the molecule is Cc1cc(O[C@@H]2CCCC[C@H]2O)ccc1F. The van der Waals surface area contributed by atoms with Crippen molar-refractivity contribution in [3.63, 3.8) is 0 Å². The van der Waals surface area contributed by atoms with E-state index in [0.29, 0.717) is 11.3 Å². The number of aliphatic hydroxyl groups is 1. The molecule has 0 bridgehead atoms. The van der Waals surface area contributed by atoms with Crippen molar-refractivity contribution >= 4 is 0 Å². The fourth-order valence-electron chi connectivity index (χ4n) is 2.08. The fraction of sp³-hybridized carbons (Fsp3) is 0.538. The summed E-state index contributed by atoms with van der Waals surface area (Å²) in [6.07, 6.45) is 3.28. The summed E-state index contributed by atoms with van der Waals surface area (Å²) in [5, 5.41) is 9.76. The Kier molecular flexibility index (Phi) is 3.44. The summed E-state index contributed by atoms with van der Waals surface area (Å²) >= 11 is 0. The zero-order chi connectivity index (χ0) is 11.5. The van der Waals surface area contributed by atoms with Crippen molar-refractivity contribution in [3.8, 4) is 5.75 Å². The largest absolute Gasteiger partial charge is 0.488 e. The van der Waals surface area contributed by atoms with E-state index in [1.54, 1.807) is 19.1 Å². The first-order valence-electron chi connectivity index (χ1n) is 5.77. The summed E-state index contributed by atoms with van der Waals surface area (Å²) < 4.78 is 18.7. The van der Waals surface area contributed by atoms with Crippen molar-refractivity contribution in [1.29, 1.82) is 0 Å². The van der Waals surface area contributed by atoms with Crippen LogP contribution in [-0.4, -0.2) is 17.3 Å². The Morgan fingerprint density at radius 2 is 2.06 bits per heavy atom. The molecule has 1 aliphatic rings. The summed E-state index contributed by atoms with van der Waals surface area (Å²) in [6.45, 7) is 1.71. The van der Waals surface area contributed by atoms with E-state index >= 15 is 0 Å². The van der Waals surface area contributed by atoms with Gasteiger partial charge in [-0.25, -0.2) is 4.39 Å². The Morgan fingerprint density at radius 3 is 2.75 bits per heavy atom. The number of hydrogen-bond acceptors (Lipinski definition) is 2. The second-order valence-electron chi connectivity index (χ2n) is 4.42. The highest BCUT2D eigenvalue weighted by Crippen LogP contribution is 2.24. The van der Waals surface area contributed by atoms with Crippen molar-refractivity contribution in [3.05, 3.63) is 29.6 Å². The molecule has 0 aliphatic heterocycles. The van der Waals surface area contributed by atoms with Crippen LogP contribution in [0.1, 0.15) is 31.2 Å². The van der Waals surface area contributed by atoms with Gasteiger partial charge in [-0.1, -0.05) is 6.42 Å². The van der Waals surface area contributed by atoms with Crippen LogP contribution in [0.15, 0.2) is 18.2 Å². The molecule has 1 aliphatic carbocycles. The predicted molar refractivity (Wildman–Crippen MR) is 60.0 cm³/mol. The van der Waals surface area contributed by atoms with Gasteiger partial charge in [-0.05, 0) is 49.9 Å². The van der Waals surface area contributed by atoms with Crippen LogP contribution in [0.2, 0.25) is 0 Å². The van der Waals surface area contributed by atoms with Crippen molar-refractivity contribution in [2.45, 2.75) is 44.8 Å². The average Bonchev–Trinajstić information content (AvgIpc) is 2.27. The third-order valence-electron chi connectivity index (χ3n) is 3.08. The minimum atomic E-state index is -0.390. The van der Waals surface area contributed by atoms with E-state index in [2.05, 4.69) is 0 Å². The number of halogens is 1. The van der Waals surface area contributed by atoms with E-state index in [4.69, 9.17) is 4.74 Å². The highest BCUT2D eigenvalue weighted by molar-refractivity contribution is 5.29. The van der Waals surface area contributed by atoms with Gasteiger partial charge in [0.15, 0.2) is 0 Å². The normalized spacial score (nSPS) is 25.4. The van der Waals surface area contributed by atoms with Gasteiger partial charge in [0, 0.05) is 0 Å². The molecule has 0 radical (unpaired) electrons.